The lowest BCUT2D eigenvalue weighted by Gasteiger charge is -2.37. The fraction of sp³-hybridized carbons (Fsp3) is 0.682. The third-order valence-corrected chi connectivity index (χ3v) is 10.7. The molecule has 0 spiro atoms. The minimum Gasteiger partial charge on any atom is -0.748 e. The quantitative estimate of drug-likeness (QED) is 0.571. The Morgan fingerprint density at radius 2 is 1.72 bits per heavy atom. The van der Waals surface area contributed by atoms with Crippen LogP contribution in [0.15, 0.2) is 17.0 Å². The van der Waals surface area contributed by atoms with Crippen molar-refractivity contribution in [1.29, 1.82) is 0 Å². The van der Waals surface area contributed by atoms with E-state index < -0.39 is 21.3 Å². The summed E-state index contributed by atoms with van der Waals surface area (Å²) in [4.78, 5) is 13.3. The number of carbonyl (C=O) groups excluding carboxylic acids is 1. The second-order valence-corrected chi connectivity index (χ2v) is 13.1. The molecule has 0 amide bonds. The second-order valence-electron chi connectivity index (χ2n) is 9.38. The number of ketones is 1. The largest absolute Gasteiger partial charge is 0.748 e. The van der Waals surface area contributed by atoms with E-state index >= 15 is 0 Å². The number of benzene rings is 1. The molecule has 29 heavy (non-hydrogen) atoms. The van der Waals surface area contributed by atoms with Gasteiger partial charge >= 0.3 is 0 Å². The molecule has 3 aliphatic rings. The van der Waals surface area contributed by atoms with Crippen LogP contribution in [0, 0.1) is 30.6 Å². The Balaban J connectivity index is 0.000000166. The number of aromatic hydroxyl groups is 1. The highest BCUT2D eigenvalue weighted by Gasteiger charge is 2.64. The Morgan fingerprint density at radius 1 is 1.17 bits per heavy atom. The molecular formula is C22H32O5S2. The van der Waals surface area contributed by atoms with Crippen LogP contribution in [0.25, 0.3) is 0 Å². The first-order chi connectivity index (χ1) is 13.4. The van der Waals surface area contributed by atoms with Crippen LogP contribution in [0.3, 0.4) is 0 Å². The molecular weight excluding hydrogens is 408 g/mol. The molecule has 2 saturated carbocycles. The number of hydrogen-bond donors (Lipinski definition) is 1. The highest BCUT2D eigenvalue weighted by Crippen LogP contribution is 2.64. The molecule has 0 radical (unpaired) electrons. The lowest BCUT2D eigenvalue weighted by Crippen LogP contribution is -2.42. The van der Waals surface area contributed by atoms with Gasteiger partial charge in [-0.05, 0) is 74.1 Å². The number of hydrogen-bond acceptors (Lipinski definition) is 5. The predicted molar refractivity (Wildman–Crippen MR) is 115 cm³/mol. The van der Waals surface area contributed by atoms with Crippen molar-refractivity contribution in [3.05, 3.63) is 23.3 Å². The van der Waals surface area contributed by atoms with Gasteiger partial charge in [-0.3, -0.25) is 4.79 Å². The van der Waals surface area contributed by atoms with Crippen molar-refractivity contribution in [2.45, 2.75) is 64.7 Å². The summed E-state index contributed by atoms with van der Waals surface area (Å²) in [5.74, 6) is 2.89. The summed E-state index contributed by atoms with van der Waals surface area (Å²) in [5, 5.41) is 9.68. The van der Waals surface area contributed by atoms with Crippen LogP contribution in [0.1, 0.15) is 57.1 Å². The van der Waals surface area contributed by atoms with E-state index in [1.807, 2.05) is 27.7 Å². The summed E-state index contributed by atoms with van der Waals surface area (Å²) in [6.45, 7) is 7.82. The maximum absolute atomic E-state index is 11.8. The maximum Gasteiger partial charge on any atom is 0.155 e. The van der Waals surface area contributed by atoms with Crippen molar-refractivity contribution in [1.82, 2.24) is 0 Å². The van der Waals surface area contributed by atoms with Crippen molar-refractivity contribution in [2.75, 3.05) is 17.3 Å². The van der Waals surface area contributed by atoms with E-state index in [1.54, 1.807) is 0 Å². The van der Waals surface area contributed by atoms with E-state index in [0.29, 0.717) is 29.5 Å². The van der Waals surface area contributed by atoms with Gasteiger partial charge in [-0.25, -0.2) is 8.42 Å². The number of rotatable bonds is 3. The van der Waals surface area contributed by atoms with Gasteiger partial charge in [0.25, 0.3) is 0 Å². The van der Waals surface area contributed by atoms with E-state index in [-0.39, 0.29) is 17.1 Å². The van der Waals surface area contributed by atoms with Crippen LogP contribution < -0.4 is 0 Å². The molecule has 2 atom stereocenters. The second kappa shape index (κ2) is 7.89. The van der Waals surface area contributed by atoms with Gasteiger partial charge in [0.05, 0.1) is 15.9 Å². The minimum atomic E-state index is -4.33. The molecule has 7 heteroatoms. The van der Waals surface area contributed by atoms with Crippen molar-refractivity contribution in [3.63, 3.8) is 0 Å². The Kier molecular flexibility index (Phi) is 6.16. The average molecular weight is 441 g/mol. The number of aryl methyl sites for hydroxylation is 2. The summed E-state index contributed by atoms with van der Waals surface area (Å²) in [6, 6.07) is 4.33. The first-order valence-corrected chi connectivity index (χ1v) is 13.5. The first-order valence-electron chi connectivity index (χ1n) is 10.3. The van der Waals surface area contributed by atoms with Crippen LogP contribution in [0.4, 0.5) is 0 Å². The van der Waals surface area contributed by atoms with E-state index in [4.69, 9.17) is 0 Å². The molecule has 1 aromatic rings. The highest BCUT2D eigenvalue weighted by molar-refractivity contribution is 7.97. The lowest BCUT2D eigenvalue weighted by atomic mass is 9.70. The van der Waals surface area contributed by atoms with Crippen molar-refractivity contribution < 1.29 is 22.9 Å². The number of carbonyl (C=O) groups is 1. The molecule has 1 aromatic carbocycles. The normalized spacial score (nSPS) is 28.4. The van der Waals surface area contributed by atoms with Gasteiger partial charge < -0.3 is 9.66 Å². The van der Waals surface area contributed by atoms with Crippen molar-refractivity contribution >= 4 is 26.8 Å². The summed E-state index contributed by atoms with van der Waals surface area (Å²) in [5.41, 5.74) is 0.832. The zero-order valence-corrected chi connectivity index (χ0v) is 19.4. The fourth-order valence-corrected chi connectivity index (χ4v) is 9.13. The Morgan fingerprint density at radius 3 is 2.14 bits per heavy atom. The fourth-order valence-electron chi connectivity index (χ4n) is 5.38. The molecule has 0 aromatic heterocycles. The molecule has 1 saturated heterocycles. The van der Waals surface area contributed by atoms with Gasteiger partial charge in [0.15, 0.2) is 4.90 Å². The number of fused-ring (bicyclic) bond motifs is 2. The third-order valence-electron chi connectivity index (χ3n) is 7.39. The third kappa shape index (κ3) is 4.23. The molecule has 5 nitrogen and oxygen atoms in total. The summed E-state index contributed by atoms with van der Waals surface area (Å²) in [6.07, 6.45) is 4.63. The van der Waals surface area contributed by atoms with Gasteiger partial charge in [0.1, 0.15) is 23.0 Å². The van der Waals surface area contributed by atoms with E-state index in [1.165, 1.54) is 29.2 Å². The molecule has 2 unspecified atom stereocenters. The van der Waals surface area contributed by atoms with Gasteiger partial charge in [0.2, 0.25) is 0 Å². The molecule has 2 aliphatic carbocycles. The van der Waals surface area contributed by atoms with Crippen molar-refractivity contribution in [2.24, 2.45) is 16.7 Å². The van der Waals surface area contributed by atoms with Crippen molar-refractivity contribution in [3.8, 4) is 5.75 Å². The number of phenolic OH excluding ortho intramolecular Hbond substituents is 1. The van der Waals surface area contributed by atoms with Crippen LogP contribution in [0.2, 0.25) is 0 Å². The van der Waals surface area contributed by atoms with E-state index in [9.17, 15) is 22.9 Å². The predicted octanol–water partition coefficient (Wildman–Crippen LogP) is 3.71. The zero-order valence-electron chi connectivity index (χ0n) is 17.8. The smallest absolute Gasteiger partial charge is 0.155 e. The Hall–Kier alpha value is -1.05. The minimum absolute atomic E-state index is 0.0248. The van der Waals surface area contributed by atoms with Crippen LogP contribution in [-0.2, 0) is 25.8 Å². The van der Waals surface area contributed by atoms with Crippen LogP contribution >= 0.6 is 0 Å². The van der Waals surface area contributed by atoms with E-state index in [0.717, 1.165) is 17.5 Å². The number of phenols is 1. The molecule has 1 N–H and O–H groups in total. The standard InChI is InChI=1S/C12H16OS.C10H16O4S/c1-9-7-11(8-10(2)12(9)13)14-5-3-4-6-14;1-9(2)7-3-4-10(9,8(11)5-7)6-15(12,13)14/h7-8H,3-6H2,1-2H3;7H,3-6H2,1-2H3,(H,12,13,14). The molecule has 162 valence electrons. The highest BCUT2D eigenvalue weighted by atomic mass is 32.2. The Labute approximate surface area is 177 Å². The first kappa shape index (κ1) is 22.6. The molecule has 2 bridgehead atoms. The lowest BCUT2D eigenvalue weighted by molar-refractivity contribution is -0.128. The topological polar surface area (TPSA) is 94.5 Å². The van der Waals surface area contributed by atoms with Crippen LogP contribution in [-0.4, -0.2) is 41.1 Å². The van der Waals surface area contributed by atoms with Gasteiger partial charge in [-0.2, -0.15) is 0 Å². The van der Waals surface area contributed by atoms with Gasteiger partial charge in [0, 0.05) is 22.7 Å². The SMILES string of the molecule is CC1(C)C2CCC1(CS(=O)(=O)[O-])C(=O)C2.Cc1cc([S+]2CCCC2)cc(C)c1O. The molecule has 1 heterocycles. The maximum atomic E-state index is 11.8. The molecule has 3 fully saturated rings. The summed E-state index contributed by atoms with van der Waals surface area (Å²) in [7, 11) is -3.86. The average Bonchev–Trinajstić information content (AvgIpc) is 3.25. The van der Waals surface area contributed by atoms with Crippen LogP contribution in [0.5, 0.6) is 5.75 Å². The zero-order chi connectivity index (χ0) is 21.6. The number of Topliss-reactive ketones (excluding diaryl/α,β-unsaturated/α-hetero) is 1. The van der Waals surface area contributed by atoms with Gasteiger partial charge in [-0.1, -0.05) is 13.8 Å². The summed E-state index contributed by atoms with van der Waals surface area (Å²) >= 11 is 0. The molecule has 1 aliphatic heterocycles. The molecule has 4 rings (SSSR count). The van der Waals surface area contributed by atoms with Gasteiger partial charge in [-0.15, -0.1) is 0 Å². The summed E-state index contributed by atoms with van der Waals surface area (Å²) < 4.78 is 32.7. The van der Waals surface area contributed by atoms with E-state index in [2.05, 4.69) is 12.1 Å². The Bertz CT molecular complexity index is 877. The monoisotopic (exact) mass is 440 g/mol.